The summed E-state index contributed by atoms with van der Waals surface area (Å²) in [5.74, 6) is 1.11. The molecule has 1 aliphatic rings. The lowest BCUT2D eigenvalue weighted by atomic mass is 9.96. The normalized spacial score (nSPS) is 15.4. The molecule has 34 heavy (non-hydrogen) atoms. The van der Waals surface area contributed by atoms with Gasteiger partial charge in [-0.05, 0) is 56.7 Å². The standard InChI is InChI=1S/C25H40N8O/c1-16(2)33-12-10-19(11-13-33)27-22-29-23(31-24(30-22)32(7)15-25(4,5)6)28-20-14-18(21(26)34)9-8-17(20)3/h8-9,14,16,19H,10-13,15H2,1-7H3,(H2,26,34)(H2,27,28,29,30,31). The Labute approximate surface area is 203 Å². The number of primary amides is 1. The van der Waals surface area contributed by atoms with E-state index in [1.54, 1.807) is 12.1 Å². The maximum atomic E-state index is 11.7. The zero-order valence-electron chi connectivity index (χ0n) is 21.6. The van der Waals surface area contributed by atoms with Crippen molar-refractivity contribution in [1.82, 2.24) is 19.9 Å². The molecule has 0 saturated carbocycles. The van der Waals surface area contributed by atoms with Gasteiger partial charge in [-0.1, -0.05) is 26.8 Å². The fourth-order valence-electron chi connectivity index (χ4n) is 4.21. The van der Waals surface area contributed by atoms with E-state index < -0.39 is 5.91 Å². The van der Waals surface area contributed by atoms with E-state index in [1.807, 2.05) is 24.9 Å². The molecular formula is C25H40N8O. The van der Waals surface area contributed by atoms with E-state index in [-0.39, 0.29) is 5.41 Å². The van der Waals surface area contributed by atoms with E-state index in [1.165, 1.54) is 0 Å². The molecule has 2 heterocycles. The Morgan fingerprint density at radius 3 is 2.41 bits per heavy atom. The molecule has 0 atom stereocenters. The summed E-state index contributed by atoms with van der Waals surface area (Å²) in [5.41, 5.74) is 7.69. The highest BCUT2D eigenvalue weighted by atomic mass is 16.1. The van der Waals surface area contributed by atoms with E-state index in [0.29, 0.717) is 35.5 Å². The molecule has 9 heteroatoms. The van der Waals surface area contributed by atoms with Crippen molar-refractivity contribution in [3.8, 4) is 0 Å². The molecule has 1 aromatic heterocycles. The summed E-state index contributed by atoms with van der Waals surface area (Å²) in [6.07, 6.45) is 2.08. The van der Waals surface area contributed by atoms with Gasteiger partial charge in [-0.3, -0.25) is 4.79 Å². The Bertz CT molecular complexity index is 993. The highest BCUT2D eigenvalue weighted by molar-refractivity contribution is 5.94. The van der Waals surface area contributed by atoms with Crippen molar-refractivity contribution in [3.05, 3.63) is 29.3 Å². The van der Waals surface area contributed by atoms with Crippen LogP contribution in [0.4, 0.5) is 23.5 Å². The topological polar surface area (TPSA) is 112 Å². The number of nitrogens with zero attached hydrogens (tertiary/aromatic N) is 5. The molecule has 0 bridgehead atoms. The quantitative estimate of drug-likeness (QED) is 0.536. The number of carbonyl (C=O) groups excluding carboxylic acids is 1. The highest BCUT2D eigenvalue weighted by Crippen LogP contribution is 2.24. The molecule has 2 aromatic rings. The number of carbonyl (C=O) groups is 1. The molecule has 0 unspecified atom stereocenters. The monoisotopic (exact) mass is 468 g/mol. The second-order valence-electron chi connectivity index (χ2n) is 10.8. The lowest BCUT2D eigenvalue weighted by Crippen LogP contribution is -2.42. The van der Waals surface area contributed by atoms with Crippen LogP contribution in [0.5, 0.6) is 0 Å². The third kappa shape index (κ3) is 7.03. The van der Waals surface area contributed by atoms with Gasteiger partial charge in [0.25, 0.3) is 0 Å². The molecule has 4 N–H and O–H groups in total. The Hall–Kier alpha value is -2.94. The van der Waals surface area contributed by atoms with E-state index in [2.05, 4.69) is 60.1 Å². The van der Waals surface area contributed by atoms with Crippen molar-refractivity contribution in [2.45, 2.75) is 66.5 Å². The van der Waals surface area contributed by atoms with Gasteiger partial charge in [-0.2, -0.15) is 15.0 Å². The summed E-state index contributed by atoms with van der Waals surface area (Å²) in [7, 11) is 1.99. The van der Waals surface area contributed by atoms with Gasteiger partial charge < -0.3 is 26.2 Å². The minimum Gasteiger partial charge on any atom is -0.366 e. The van der Waals surface area contributed by atoms with Crippen LogP contribution in [-0.2, 0) is 0 Å². The minimum absolute atomic E-state index is 0.0820. The highest BCUT2D eigenvalue weighted by Gasteiger charge is 2.23. The van der Waals surface area contributed by atoms with Crippen LogP contribution in [0.15, 0.2) is 18.2 Å². The smallest absolute Gasteiger partial charge is 0.248 e. The zero-order chi connectivity index (χ0) is 25.0. The third-order valence-corrected chi connectivity index (χ3v) is 6.04. The summed E-state index contributed by atoms with van der Waals surface area (Å²) in [5, 5.41) is 6.82. The van der Waals surface area contributed by atoms with Gasteiger partial charge in [0.05, 0.1) is 0 Å². The molecule has 1 saturated heterocycles. The number of amides is 1. The lowest BCUT2D eigenvalue weighted by Gasteiger charge is -2.35. The predicted octanol–water partition coefficient (Wildman–Crippen LogP) is 3.79. The maximum absolute atomic E-state index is 11.7. The lowest BCUT2D eigenvalue weighted by molar-refractivity contribution is 0.100. The van der Waals surface area contributed by atoms with Gasteiger partial charge in [0.15, 0.2) is 0 Å². The number of likely N-dealkylation sites (tertiary alicyclic amines) is 1. The minimum atomic E-state index is -0.473. The van der Waals surface area contributed by atoms with Crippen LogP contribution in [0, 0.1) is 12.3 Å². The number of rotatable bonds is 8. The largest absolute Gasteiger partial charge is 0.366 e. The number of hydrogen-bond donors (Lipinski definition) is 3. The number of hydrogen-bond acceptors (Lipinski definition) is 8. The van der Waals surface area contributed by atoms with Crippen LogP contribution in [0.25, 0.3) is 0 Å². The van der Waals surface area contributed by atoms with Crippen LogP contribution in [0.1, 0.15) is 63.4 Å². The van der Waals surface area contributed by atoms with Crippen LogP contribution in [0.2, 0.25) is 0 Å². The molecular weight excluding hydrogens is 428 g/mol. The second-order valence-corrected chi connectivity index (χ2v) is 10.8. The van der Waals surface area contributed by atoms with Gasteiger partial charge in [-0.25, -0.2) is 0 Å². The Morgan fingerprint density at radius 1 is 1.18 bits per heavy atom. The Kier molecular flexibility index (Phi) is 7.97. The molecule has 3 rings (SSSR count). The number of piperidine rings is 1. The Balaban J connectivity index is 1.87. The third-order valence-electron chi connectivity index (χ3n) is 6.04. The van der Waals surface area contributed by atoms with E-state index in [9.17, 15) is 4.79 Å². The fraction of sp³-hybridized carbons (Fsp3) is 0.600. The van der Waals surface area contributed by atoms with E-state index in [4.69, 9.17) is 10.7 Å². The summed E-state index contributed by atoms with van der Waals surface area (Å²) < 4.78 is 0. The molecule has 1 amide bonds. The van der Waals surface area contributed by atoms with Crippen LogP contribution >= 0.6 is 0 Å². The summed E-state index contributed by atoms with van der Waals surface area (Å²) >= 11 is 0. The first-order chi connectivity index (χ1) is 15.9. The zero-order valence-corrected chi connectivity index (χ0v) is 21.6. The molecule has 9 nitrogen and oxygen atoms in total. The Morgan fingerprint density at radius 2 is 1.82 bits per heavy atom. The fourth-order valence-corrected chi connectivity index (χ4v) is 4.21. The number of anilines is 4. The van der Waals surface area contributed by atoms with Crippen LogP contribution in [-0.4, -0.2) is 64.5 Å². The average Bonchev–Trinajstić information content (AvgIpc) is 2.74. The predicted molar refractivity (Wildman–Crippen MR) is 139 cm³/mol. The first-order valence-corrected chi connectivity index (χ1v) is 12.1. The number of aryl methyl sites for hydroxylation is 1. The van der Waals surface area contributed by atoms with Crippen molar-refractivity contribution in [2.75, 3.05) is 42.2 Å². The van der Waals surface area contributed by atoms with Crippen molar-refractivity contribution in [1.29, 1.82) is 0 Å². The second kappa shape index (κ2) is 10.5. The molecule has 186 valence electrons. The number of benzene rings is 1. The average molecular weight is 469 g/mol. The molecule has 0 spiro atoms. The van der Waals surface area contributed by atoms with Crippen LogP contribution in [0.3, 0.4) is 0 Å². The molecule has 0 radical (unpaired) electrons. The molecule has 1 fully saturated rings. The van der Waals surface area contributed by atoms with Crippen molar-refractivity contribution in [2.24, 2.45) is 11.1 Å². The number of nitrogens with two attached hydrogens (primary N) is 1. The summed E-state index contributed by atoms with van der Waals surface area (Å²) in [4.78, 5) is 30.3. The van der Waals surface area contributed by atoms with Crippen LogP contribution < -0.4 is 21.3 Å². The van der Waals surface area contributed by atoms with Gasteiger partial charge >= 0.3 is 0 Å². The summed E-state index contributed by atoms with van der Waals surface area (Å²) in [6.45, 7) is 15.9. The molecule has 0 aliphatic carbocycles. The van der Waals surface area contributed by atoms with Gasteiger partial charge in [0.2, 0.25) is 23.8 Å². The molecule has 1 aromatic carbocycles. The number of nitrogens with one attached hydrogen (secondary N) is 2. The number of aromatic nitrogens is 3. The van der Waals surface area contributed by atoms with Crippen molar-refractivity contribution >= 4 is 29.4 Å². The van der Waals surface area contributed by atoms with Gasteiger partial charge in [-0.15, -0.1) is 0 Å². The SMILES string of the molecule is Cc1ccc(C(N)=O)cc1Nc1nc(NC2CCN(C(C)C)CC2)nc(N(C)CC(C)(C)C)n1. The van der Waals surface area contributed by atoms with Crippen molar-refractivity contribution in [3.63, 3.8) is 0 Å². The van der Waals surface area contributed by atoms with E-state index in [0.717, 1.165) is 43.7 Å². The molecule has 1 aliphatic heterocycles. The van der Waals surface area contributed by atoms with Crippen molar-refractivity contribution < 1.29 is 4.79 Å². The maximum Gasteiger partial charge on any atom is 0.248 e. The van der Waals surface area contributed by atoms with Gasteiger partial charge in [0, 0.05) is 50.0 Å². The van der Waals surface area contributed by atoms with E-state index >= 15 is 0 Å². The first-order valence-electron chi connectivity index (χ1n) is 12.1. The first kappa shape index (κ1) is 25.7. The summed E-state index contributed by atoms with van der Waals surface area (Å²) in [6, 6.07) is 6.18. The van der Waals surface area contributed by atoms with Gasteiger partial charge in [0.1, 0.15) is 0 Å².